The van der Waals surface area contributed by atoms with Crippen molar-refractivity contribution in [3.63, 3.8) is 0 Å². The lowest BCUT2D eigenvalue weighted by molar-refractivity contribution is 0.554. The normalized spacial score (nSPS) is 12.3. The van der Waals surface area contributed by atoms with Crippen LogP contribution in [-0.4, -0.2) is 17.4 Å². The molecule has 0 amide bonds. The maximum Gasteiger partial charge on any atom is 0.269 e. The lowest BCUT2D eigenvalue weighted by Crippen LogP contribution is -2.28. The Bertz CT molecular complexity index is 941. The Hall–Kier alpha value is -2.44. The van der Waals surface area contributed by atoms with E-state index in [1.165, 1.54) is 16.2 Å². The number of hydrogen-bond donors (Lipinski definition) is 1. The Balaban J connectivity index is 2.26. The van der Waals surface area contributed by atoms with Gasteiger partial charge in [0.1, 0.15) is 4.90 Å². The fourth-order valence-corrected chi connectivity index (χ4v) is 3.77. The van der Waals surface area contributed by atoms with Crippen LogP contribution >= 0.6 is 0 Å². The van der Waals surface area contributed by atoms with Crippen molar-refractivity contribution in [1.82, 2.24) is 8.96 Å². The molecule has 2 heterocycles. The molecule has 0 saturated heterocycles. The molecule has 0 aliphatic carbocycles. The zero-order chi connectivity index (χ0) is 17.4. The van der Waals surface area contributed by atoms with Crippen LogP contribution in [0.5, 0.6) is 0 Å². The molecule has 2 N–H and O–H groups in total. The van der Waals surface area contributed by atoms with Crippen LogP contribution in [0, 0.1) is 0 Å². The predicted octanol–water partition coefficient (Wildman–Crippen LogP) is 2.98. The molecule has 0 spiro atoms. The molecule has 0 saturated carbocycles. The minimum Gasteiger partial charge on any atom is -0.322 e. The first-order valence-electron chi connectivity index (χ1n) is 7.53. The largest absolute Gasteiger partial charge is 0.322 e. The van der Waals surface area contributed by atoms with Crippen LogP contribution in [-0.2, 0) is 15.6 Å². The van der Waals surface area contributed by atoms with Gasteiger partial charge in [0.25, 0.3) is 10.0 Å². The van der Waals surface area contributed by atoms with Gasteiger partial charge in [0.15, 0.2) is 0 Å². The summed E-state index contributed by atoms with van der Waals surface area (Å²) >= 11 is 0. The van der Waals surface area contributed by atoms with Gasteiger partial charge in [0.2, 0.25) is 0 Å². The molecule has 0 bridgehead atoms. The first-order chi connectivity index (χ1) is 11.3. The van der Waals surface area contributed by atoms with E-state index in [9.17, 15) is 8.42 Å². The Kier molecular flexibility index (Phi) is 4.03. The second-order valence-corrected chi connectivity index (χ2v) is 8.01. The molecule has 6 heteroatoms. The van der Waals surface area contributed by atoms with Crippen LogP contribution in [0.25, 0.3) is 11.3 Å². The van der Waals surface area contributed by atoms with Gasteiger partial charge < -0.3 is 5.73 Å². The van der Waals surface area contributed by atoms with Gasteiger partial charge >= 0.3 is 0 Å². The molecule has 0 aliphatic heterocycles. The maximum atomic E-state index is 13.1. The van der Waals surface area contributed by atoms with Crippen LogP contribution in [0.3, 0.4) is 0 Å². The number of benzene rings is 1. The average Bonchev–Trinajstić information content (AvgIpc) is 3.03. The van der Waals surface area contributed by atoms with Crippen molar-refractivity contribution in [1.29, 1.82) is 0 Å². The van der Waals surface area contributed by atoms with Crippen molar-refractivity contribution in [3.8, 4) is 11.3 Å². The molecule has 0 fully saturated rings. The van der Waals surface area contributed by atoms with E-state index < -0.39 is 15.6 Å². The number of nitrogens with two attached hydrogens (primary N) is 1. The fraction of sp³-hybridized carbons (Fsp3) is 0.167. The summed E-state index contributed by atoms with van der Waals surface area (Å²) in [5, 5.41) is 0. The van der Waals surface area contributed by atoms with E-state index in [4.69, 9.17) is 5.73 Å². The Morgan fingerprint density at radius 1 is 1.08 bits per heavy atom. The quantitative estimate of drug-likeness (QED) is 0.791. The van der Waals surface area contributed by atoms with E-state index in [2.05, 4.69) is 4.98 Å². The Morgan fingerprint density at radius 2 is 1.79 bits per heavy atom. The third-order valence-corrected chi connectivity index (χ3v) is 5.45. The van der Waals surface area contributed by atoms with Gasteiger partial charge in [-0.25, -0.2) is 12.4 Å². The standard InChI is InChI=1S/C18H19N3O2S/c1-18(2,19)15-11-17(14-7-4-3-5-8-14)21(13-15)24(22,23)16-9-6-10-20-12-16/h3-13H,19H2,1-2H3. The molecule has 3 aromatic rings. The van der Waals surface area contributed by atoms with Crippen molar-refractivity contribution in [2.75, 3.05) is 0 Å². The van der Waals surface area contributed by atoms with E-state index in [0.29, 0.717) is 5.69 Å². The lowest BCUT2D eigenvalue weighted by Gasteiger charge is -2.16. The van der Waals surface area contributed by atoms with Crippen LogP contribution in [0.2, 0.25) is 0 Å². The van der Waals surface area contributed by atoms with Gasteiger partial charge in [-0.3, -0.25) is 4.98 Å². The average molecular weight is 341 g/mol. The number of rotatable bonds is 4. The van der Waals surface area contributed by atoms with Gasteiger partial charge in [-0.2, -0.15) is 0 Å². The summed E-state index contributed by atoms with van der Waals surface area (Å²) in [6.45, 7) is 3.69. The Morgan fingerprint density at radius 3 is 2.38 bits per heavy atom. The first kappa shape index (κ1) is 16.4. The molecular formula is C18H19N3O2S. The molecule has 0 unspecified atom stereocenters. The number of hydrogen-bond acceptors (Lipinski definition) is 4. The van der Waals surface area contributed by atoms with Gasteiger partial charge in [-0.05, 0) is 43.2 Å². The van der Waals surface area contributed by atoms with E-state index in [1.54, 1.807) is 18.5 Å². The SMILES string of the molecule is CC(C)(N)c1cc(-c2ccccc2)n(S(=O)(=O)c2cccnc2)c1. The minimum absolute atomic E-state index is 0.138. The van der Waals surface area contributed by atoms with E-state index in [0.717, 1.165) is 11.1 Å². The molecule has 0 aliphatic rings. The van der Waals surface area contributed by atoms with Crippen molar-refractivity contribution < 1.29 is 8.42 Å². The highest BCUT2D eigenvalue weighted by Gasteiger charge is 2.25. The Labute approximate surface area is 141 Å². The van der Waals surface area contributed by atoms with Crippen LogP contribution < -0.4 is 5.73 Å². The highest BCUT2D eigenvalue weighted by Crippen LogP contribution is 2.30. The summed E-state index contributed by atoms with van der Waals surface area (Å²) in [4.78, 5) is 4.06. The molecule has 2 aromatic heterocycles. The topological polar surface area (TPSA) is 78.0 Å². The molecule has 3 rings (SSSR count). The summed E-state index contributed by atoms with van der Waals surface area (Å²) in [5.74, 6) is 0. The number of nitrogens with zero attached hydrogens (tertiary/aromatic N) is 2. The monoisotopic (exact) mass is 341 g/mol. The third-order valence-electron chi connectivity index (χ3n) is 3.79. The summed E-state index contributed by atoms with van der Waals surface area (Å²) in [6.07, 6.45) is 4.48. The van der Waals surface area contributed by atoms with Gasteiger partial charge in [0, 0.05) is 24.1 Å². The second-order valence-electron chi connectivity index (χ2n) is 6.19. The maximum absolute atomic E-state index is 13.1. The highest BCUT2D eigenvalue weighted by atomic mass is 32.2. The summed E-state index contributed by atoms with van der Waals surface area (Å²) in [5.41, 5.74) is 7.65. The van der Waals surface area contributed by atoms with Crippen LogP contribution in [0.4, 0.5) is 0 Å². The van der Waals surface area contributed by atoms with E-state index in [1.807, 2.05) is 50.2 Å². The van der Waals surface area contributed by atoms with Crippen molar-refractivity contribution in [3.05, 3.63) is 72.7 Å². The highest BCUT2D eigenvalue weighted by molar-refractivity contribution is 7.90. The zero-order valence-electron chi connectivity index (χ0n) is 13.5. The van der Waals surface area contributed by atoms with Crippen LogP contribution in [0.15, 0.2) is 72.0 Å². The first-order valence-corrected chi connectivity index (χ1v) is 8.97. The number of pyridine rings is 1. The molecule has 5 nitrogen and oxygen atoms in total. The van der Waals surface area contributed by atoms with E-state index >= 15 is 0 Å². The molecule has 1 aromatic carbocycles. The third kappa shape index (κ3) is 2.98. The van der Waals surface area contributed by atoms with Crippen molar-refractivity contribution in [2.24, 2.45) is 5.73 Å². The lowest BCUT2D eigenvalue weighted by atomic mass is 9.98. The molecule has 24 heavy (non-hydrogen) atoms. The second kappa shape index (κ2) is 5.89. The summed E-state index contributed by atoms with van der Waals surface area (Å²) in [7, 11) is -3.76. The molecule has 124 valence electrons. The molecule has 0 radical (unpaired) electrons. The van der Waals surface area contributed by atoms with E-state index in [-0.39, 0.29) is 4.90 Å². The predicted molar refractivity (Wildman–Crippen MR) is 93.9 cm³/mol. The van der Waals surface area contributed by atoms with Crippen molar-refractivity contribution in [2.45, 2.75) is 24.3 Å². The summed E-state index contributed by atoms with van der Waals surface area (Å²) < 4.78 is 27.4. The smallest absolute Gasteiger partial charge is 0.269 e. The number of aromatic nitrogens is 2. The van der Waals surface area contributed by atoms with Crippen molar-refractivity contribution >= 4 is 10.0 Å². The zero-order valence-corrected chi connectivity index (χ0v) is 14.4. The van der Waals surface area contributed by atoms with Gasteiger partial charge in [-0.15, -0.1) is 0 Å². The molecule has 0 atom stereocenters. The minimum atomic E-state index is -3.76. The van der Waals surface area contributed by atoms with Gasteiger partial charge in [-0.1, -0.05) is 30.3 Å². The van der Waals surface area contributed by atoms with Crippen LogP contribution in [0.1, 0.15) is 19.4 Å². The molecular weight excluding hydrogens is 322 g/mol. The van der Waals surface area contributed by atoms with Gasteiger partial charge in [0.05, 0.1) is 5.69 Å². The fourth-order valence-electron chi connectivity index (χ4n) is 2.43. The summed E-state index contributed by atoms with van der Waals surface area (Å²) in [6, 6.07) is 14.3.